The van der Waals surface area contributed by atoms with E-state index in [0.29, 0.717) is 5.56 Å². The fraction of sp³-hybridized carbons (Fsp3) is 0.278. The molecule has 2 aromatic rings. The Morgan fingerprint density at radius 2 is 1.90 bits per heavy atom. The van der Waals surface area contributed by atoms with E-state index >= 15 is 0 Å². The average molecular weight is 280 g/mol. The first kappa shape index (κ1) is 15.1. The summed E-state index contributed by atoms with van der Waals surface area (Å²) in [7, 11) is 1.70. The lowest BCUT2D eigenvalue weighted by Crippen LogP contribution is -2.18. The summed E-state index contributed by atoms with van der Waals surface area (Å²) in [6.07, 6.45) is 0. The molecule has 0 aliphatic rings. The lowest BCUT2D eigenvalue weighted by Gasteiger charge is -2.18. The normalized spacial score (nSPS) is 11.7. The minimum absolute atomic E-state index is 0.191. The first-order valence-corrected chi connectivity index (χ1v) is 7.01. The number of benzene rings is 2. The maximum Gasteiger partial charge on any atom is 0.123 e. The van der Waals surface area contributed by atoms with Crippen molar-refractivity contribution < 1.29 is 4.74 Å². The predicted octanol–water partition coefficient (Wildman–Crippen LogP) is 3.73. The highest BCUT2D eigenvalue weighted by Gasteiger charge is 2.11. The molecule has 1 atom stereocenters. The van der Waals surface area contributed by atoms with E-state index in [0.717, 1.165) is 23.4 Å². The van der Waals surface area contributed by atoms with Crippen LogP contribution in [0.15, 0.2) is 42.5 Å². The maximum atomic E-state index is 8.80. The number of methoxy groups -OCH3 is 1. The van der Waals surface area contributed by atoms with Gasteiger partial charge in [-0.2, -0.15) is 5.26 Å². The number of nitrogens with zero attached hydrogens (tertiary/aromatic N) is 1. The highest BCUT2D eigenvalue weighted by molar-refractivity contribution is 5.39. The molecule has 1 unspecified atom stereocenters. The van der Waals surface area contributed by atoms with Gasteiger partial charge in [-0.3, -0.25) is 0 Å². The molecule has 0 saturated heterocycles. The van der Waals surface area contributed by atoms with E-state index in [-0.39, 0.29) is 6.04 Å². The number of aryl methyl sites for hydroxylation is 1. The van der Waals surface area contributed by atoms with Crippen molar-refractivity contribution in [2.45, 2.75) is 26.4 Å². The molecule has 0 spiro atoms. The molecule has 108 valence electrons. The molecular weight excluding hydrogens is 260 g/mol. The molecule has 2 aromatic carbocycles. The molecule has 0 heterocycles. The van der Waals surface area contributed by atoms with Gasteiger partial charge >= 0.3 is 0 Å². The van der Waals surface area contributed by atoms with Crippen LogP contribution in [-0.2, 0) is 6.54 Å². The van der Waals surface area contributed by atoms with Crippen LogP contribution in [-0.4, -0.2) is 7.11 Å². The van der Waals surface area contributed by atoms with Gasteiger partial charge in [-0.15, -0.1) is 0 Å². The lowest BCUT2D eigenvalue weighted by molar-refractivity contribution is 0.401. The van der Waals surface area contributed by atoms with Crippen LogP contribution in [0.4, 0.5) is 0 Å². The Hall–Kier alpha value is -2.31. The molecule has 0 saturated carbocycles. The van der Waals surface area contributed by atoms with Crippen molar-refractivity contribution in [1.82, 2.24) is 5.32 Å². The highest BCUT2D eigenvalue weighted by Crippen LogP contribution is 2.26. The van der Waals surface area contributed by atoms with E-state index in [1.807, 2.05) is 24.3 Å². The van der Waals surface area contributed by atoms with Gasteiger partial charge in [0, 0.05) is 18.2 Å². The average Bonchev–Trinajstić information content (AvgIpc) is 2.52. The van der Waals surface area contributed by atoms with Crippen LogP contribution in [0.5, 0.6) is 5.75 Å². The second kappa shape index (κ2) is 6.92. The Labute approximate surface area is 126 Å². The van der Waals surface area contributed by atoms with Crippen molar-refractivity contribution in [1.29, 1.82) is 5.26 Å². The van der Waals surface area contributed by atoms with Gasteiger partial charge in [0.05, 0.1) is 18.7 Å². The number of nitrogens with one attached hydrogen (secondary N) is 1. The Morgan fingerprint density at radius 1 is 1.19 bits per heavy atom. The van der Waals surface area contributed by atoms with Crippen LogP contribution < -0.4 is 10.1 Å². The maximum absolute atomic E-state index is 8.80. The minimum Gasteiger partial charge on any atom is -0.496 e. The number of ether oxygens (including phenoxy) is 1. The summed E-state index contributed by atoms with van der Waals surface area (Å²) in [6.45, 7) is 4.93. The van der Waals surface area contributed by atoms with E-state index in [1.54, 1.807) is 7.11 Å². The molecule has 2 rings (SSSR count). The molecule has 0 aliphatic heterocycles. The van der Waals surface area contributed by atoms with Gasteiger partial charge in [0.2, 0.25) is 0 Å². The summed E-state index contributed by atoms with van der Waals surface area (Å²) < 4.78 is 5.45. The summed E-state index contributed by atoms with van der Waals surface area (Å²) in [4.78, 5) is 0. The Bertz CT molecular complexity index is 641. The fourth-order valence-corrected chi connectivity index (χ4v) is 2.25. The van der Waals surface area contributed by atoms with Gasteiger partial charge in [0.1, 0.15) is 5.75 Å². The zero-order chi connectivity index (χ0) is 15.2. The van der Waals surface area contributed by atoms with Gasteiger partial charge in [0.25, 0.3) is 0 Å². The van der Waals surface area contributed by atoms with Crippen LogP contribution in [0.25, 0.3) is 0 Å². The molecule has 21 heavy (non-hydrogen) atoms. The fourth-order valence-electron chi connectivity index (χ4n) is 2.25. The van der Waals surface area contributed by atoms with Crippen molar-refractivity contribution in [3.8, 4) is 11.8 Å². The number of nitriles is 1. The van der Waals surface area contributed by atoms with Crippen LogP contribution in [0.2, 0.25) is 0 Å². The molecule has 0 fully saturated rings. The van der Waals surface area contributed by atoms with Crippen molar-refractivity contribution in [2.24, 2.45) is 0 Å². The van der Waals surface area contributed by atoms with Crippen molar-refractivity contribution in [3.63, 3.8) is 0 Å². The topological polar surface area (TPSA) is 45.0 Å². The van der Waals surface area contributed by atoms with Crippen LogP contribution in [0.1, 0.15) is 35.2 Å². The molecule has 3 nitrogen and oxygen atoms in total. The zero-order valence-electron chi connectivity index (χ0n) is 12.7. The zero-order valence-corrected chi connectivity index (χ0v) is 12.7. The summed E-state index contributed by atoms with van der Waals surface area (Å²) >= 11 is 0. The molecule has 0 aliphatic carbocycles. The number of hydrogen-bond acceptors (Lipinski definition) is 3. The van der Waals surface area contributed by atoms with Gasteiger partial charge < -0.3 is 10.1 Å². The van der Waals surface area contributed by atoms with Crippen molar-refractivity contribution in [2.75, 3.05) is 7.11 Å². The summed E-state index contributed by atoms with van der Waals surface area (Å²) in [6, 6.07) is 16.2. The minimum atomic E-state index is 0.191. The predicted molar refractivity (Wildman–Crippen MR) is 84.1 cm³/mol. The van der Waals surface area contributed by atoms with Crippen LogP contribution >= 0.6 is 0 Å². The van der Waals surface area contributed by atoms with Crippen LogP contribution in [0.3, 0.4) is 0 Å². The highest BCUT2D eigenvalue weighted by atomic mass is 16.5. The first-order chi connectivity index (χ1) is 10.1. The molecule has 1 N–H and O–H groups in total. The standard InChI is InChI=1S/C18H20N2O/c1-13-4-9-17(18(10-13)21-3)14(2)20-12-16-7-5-15(11-19)6-8-16/h4-10,14,20H,12H2,1-3H3. The quantitative estimate of drug-likeness (QED) is 0.907. The first-order valence-electron chi connectivity index (χ1n) is 7.01. The summed E-state index contributed by atoms with van der Waals surface area (Å²) in [5.41, 5.74) is 4.19. The van der Waals surface area contributed by atoms with Crippen molar-refractivity contribution >= 4 is 0 Å². The second-order valence-corrected chi connectivity index (χ2v) is 5.16. The van der Waals surface area contributed by atoms with Gasteiger partial charge in [-0.05, 0) is 43.2 Å². The van der Waals surface area contributed by atoms with E-state index in [9.17, 15) is 0 Å². The van der Waals surface area contributed by atoms with E-state index in [1.165, 1.54) is 5.56 Å². The van der Waals surface area contributed by atoms with Crippen molar-refractivity contribution in [3.05, 3.63) is 64.7 Å². The molecular formula is C18H20N2O. The molecule has 3 heteroatoms. The third-order valence-corrected chi connectivity index (χ3v) is 3.55. The summed E-state index contributed by atoms with van der Waals surface area (Å²) in [5, 5.41) is 12.3. The van der Waals surface area contributed by atoms with Crippen LogP contribution in [0, 0.1) is 18.3 Å². The number of rotatable bonds is 5. The summed E-state index contributed by atoms with van der Waals surface area (Å²) in [5.74, 6) is 0.912. The smallest absolute Gasteiger partial charge is 0.123 e. The van der Waals surface area contributed by atoms with E-state index < -0.39 is 0 Å². The monoisotopic (exact) mass is 280 g/mol. The Balaban J connectivity index is 2.04. The van der Waals surface area contributed by atoms with Gasteiger partial charge in [0.15, 0.2) is 0 Å². The van der Waals surface area contributed by atoms with E-state index in [4.69, 9.17) is 10.00 Å². The van der Waals surface area contributed by atoms with E-state index in [2.05, 4.69) is 43.4 Å². The SMILES string of the molecule is COc1cc(C)ccc1C(C)NCc1ccc(C#N)cc1. The molecule has 0 radical (unpaired) electrons. The Kier molecular flexibility index (Phi) is 4.97. The van der Waals surface area contributed by atoms with Gasteiger partial charge in [-0.1, -0.05) is 24.3 Å². The molecule has 0 aromatic heterocycles. The lowest BCUT2D eigenvalue weighted by atomic mass is 10.0. The number of hydrogen-bond donors (Lipinski definition) is 1. The largest absolute Gasteiger partial charge is 0.496 e. The Morgan fingerprint density at radius 3 is 2.52 bits per heavy atom. The second-order valence-electron chi connectivity index (χ2n) is 5.16. The van der Waals surface area contributed by atoms with Gasteiger partial charge in [-0.25, -0.2) is 0 Å². The third kappa shape index (κ3) is 3.84. The molecule has 0 amide bonds. The molecule has 0 bridgehead atoms. The third-order valence-electron chi connectivity index (χ3n) is 3.55.